The van der Waals surface area contributed by atoms with Gasteiger partial charge in [0.25, 0.3) is 5.91 Å². The Labute approximate surface area is 123 Å². The van der Waals surface area contributed by atoms with Crippen LogP contribution < -0.4 is 15.4 Å². The maximum atomic E-state index is 12.1. The Morgan fingerprint density at radius 3 is 2.52 bits per heavy atom. The Balaban J connectivity index is 1.62. The topological polar surface area (TPSA) is 63.2 Å². The van der Waals surface area contributed by atoms with Crippen LogP contribution in [0.4, 0.5) is 11.5 Å². The zero-order valence-corrected chi connectivity index (χ0v) is 11.8. The lowest BCUT2D eigenvalue weighted by molar-refractivity contribution is 0.102. The molecule has 1 heterocycles. The quantitative estimate of drug-likeness (QED) is 0.885. The Morgan fingerprint density at radius 2 is 1.95 bits per heavy atom. The maximum absolute atomic E-state index is 12.1. The lowest BCUT2D eigenvalue weighted by atomic mass is 10.2. The predicted molar refractivity (Wildman–Crippen MR) is 81.8 cm³/mol. The van der Waals surface area contributed by atoms with Crippen LogP contribution in [0.5, 0.6) is 5.75 Å². The molecule has 0 unspecified atom stereocenters. The van der Waals surface area contributed by atoms with Crippen LogP contribution in [-0.2, 0) is 0 Å². The third kappa shape index (κ3) is 3.51. The molecule has 1 saturated carbocycles. The van der Waals surface area contributed by atoms with Gasteiger partial charge in [0.1, 0.15) is 11.6 Å². The van der Waals surface area contributed by atoms with Gasteiger partial charge in [-0.05, 0) is 49.2 Å². The molecule has 21 heavy (non-hydrogen) atoms. The molecule has 1 aromatic carbocycles. The van der Waals surface area contributed by atoms with Crippen LogP contribution in [0.2, 0.25) is 0 Å². The second kappa shape index (κ2) is 5.83. The minimum atomic E-state index is -0.164. The SMILES string of the molecule is COc1ccc(C(=O)Nc2ccc(NC3CC3)nc2)cc1. The van der Waals surface area contributed by atoms with Gasteiger partial charge in [-0.25, -0.2) is 4.98 Å². The summed E-state index contributed by atoms with van der Waals surface area (Å²) in [5, 5.41) is 6.12. The summed E-state index contributed by atoms with van der Waals surface area (Å²) in [6, 6.07) is 11.3. The van der Waals surface area contributed by atoms with Gasteiger partial charge in [-0.3, -0.25) is 4.79 Å². The summed E-state index contributed by atoms with van der Waals surface area (Å²) in [5.41, 5.74) is 1.26. The van der Waals surface area contributed by atoms with E-state index in [4.69, 9.17) is 4.74 Å². The van der Waals surface area contributed by atoms with E-state index >= 15 is 0 Å². The summed E-state index contributed by atoms with van der Waals surface area (Å²) >= 11 is 0. The van der Waals surface area contributed by atoms with E-state index in [1.807, 2.05) is 12.1 Å². The van der Waals surface area contributed by atoms with Gasteiger partial charge < -0.3 is 15.4 Å². The molecule has 5 heteroatoms. The first-order valence-electron chi connectivity index (χ1n) is 6.92. The molecule has 0 atom stereocenters. The molecule has 0 saturated heterocycles. The summed E-state index contributed by atoms with van der Waals surface area (Å²) < 4.78 is 5.07. The summed E-state index contributed by atoms with van der Waals surface area (Å²) in [5.74, 6) is 1.41. The highest BCUT2D eigenvalue weighted by Gasteiger charge is 2.21. The molecule has 0 bridgehead atoms. The van der Waals surface area contributed by atoms with Crippen LogP contribution in [0.15, 0.2) is 42.6 Å². The fourth-order valence-electron chi connectivity index (χ4n) is 1.94. The van der Waals surface area contributed by atoms with E-state index in [0.29, 0.717) is 17.3 Å². The molecule has 1 aromatic heterocycles. The Kier molecular flexibility index (Phi) is 3.73. The van der Waals surface area contributed by atoms with Crippen LogP contribution in [-0.4, -0.2) is 24.0 Å². The summed E-state index contributed by atoms with van der Waals surface area (Å²) in [6.45, 7) is 0. The number of ether oxygens (including phenoxy) is 1. The van der Waals surface area contributed by atoms with Crippen LogP contribution >= 0.6 is 0 Å². The van der Waals surface area contributed by atoms with Crippen LogP contribution in [0.25, 0.3) is 0 Å². The van der Waals surface area contributed by atoms with Gasteiger partial charge in [0.05, 0.1) is 19.0 Å². The van der Waals surface area contributed by atoms with Gasteiger partial charge in [0, 0.05) is 11.6 Å². The second-order valence-electron chi connectivity index (χ2n) is 5.03. The van der Waals surface area contributed by atoms with E-state index in [2.05, 4.69) is 15.6 Å². The van der Waals surface area contributed by atoms with Crippen molar-refractivity contribution in [3.63, 3.8) is 0 Å². The van der Waals surface area contributed by atoms with Crippen LogP contribution in [0.3, 0.4) is 0 Å². The molecule has 0 radical (unpaired) electrons. The predicted octanol–water partition coefficient (Wildman–Crippen LogP) is 2.92. The molecular formula is C16H17N3O2. The zero-order chi connectivity index (χ0) is 14.7. The molecule has 1 aliphatic carbocycles. The van der Waals surface area contributed by atoms with Crippen molar-refractivity contribution in [2.45, 2.75) is 18.9 Å². The Morgan fingerprint density at radius 1 is 1.19 bits per heavy atom. The first kappa shape index (κ1) is 13.4. The number of amides is 1. The van der Waals surface area contributed by atoms with Crippen LogP contribution in [0.1, 0.15) is 23.2 Å². The van der Waals surface area contributed by atoms with E-state index in [9.17, 15) is 4.79 Å². The number of aromatic nitrogens is 1. The number of benzene rings is 1. The van der Waals surface area contributed by atoms with Gasteiger partial charge in [-0.1, -0.05) is 0 Å². The zero-order valence-electron chi connectivity index (χ0n) is 11.8. The average molecular weight is 283 g/mol. The number of pyridine rings is 1. The van der Waals surface area contributed by atoms with Crippen molar-refractivity contribution in [3.05, 3.63) is 48.2 Å². The summed E-state index contributed by atoms with van der Waals surface area (Å²) in [4.78, 5) is 16.4. The third-order valence-electron chi connectivity index (χ3n) is 3.30. The average Bonchev–Trinajstić information content (AvgIpc) is 3.33. The molecular weight excluding hydrogens is 266 g/mol. The summed E-state index contributed by atoms with van der Waals surface area (Å²) in [7, 11) is 1.60. The molecule has 1 amide bonds. The van der Waals surface area contributed by atoms with Gasteiger partial charge in [0.15, 0.2) is 0 Å². The second-order valence-corrected chi connectivity index (χ2v) is 5.03. The van der Waals surface area contributed by atoms with Crippen molar-refractivity contribution in [2.24, 2.45) is 0 Å². The molecule has 2 aromatic rings. The molecule has 3 rings (SSSR count). The number of anilines is 2. The highest BCUT2D eigenvalue weighted by molar-refractivity contribution is 6.04. The first-order valence-corrected chi connectivity index (χ1v) is 6.92. The molecule has 108 valence electrons. The van der Waals surface area contributed by atoms with E-state index in [-0.39, 0.29) is 5.91 Å². The molecule has 1 fully saturated rings. The smallest absolute Gasteiger partial charge is 0.255 e. The number of hydrogen-bond donors (Lipinski definition) is 2. The van der Waals surface area contributed by atoms with E-state index in [1.165, 1.54) is 12.8 Å². The molecule has 0 aliphatic heterocycles. The number of hydrogen-bond acceptors (Lipinski definition) is 4. The third-order valence-corrected chi connectivity index (χ3v) is 3.30. The first-order chi connectivity index (χ1) is 10.2. The van der Waals surface area contributed by atoms with Crippen LogP contribution in [0, 0.1) is 0 Å². The van der Waals surface area contributed by atoms with Crippen molar-refractivity contribution in [1.82, 2.24) is 4.98 Å². The maximum Gasteiger partial charge on any atom is 0.255 e. The lowest BCUT2D eigenvalue weighted by Gasteiger charge is -2.07. The van der Waals surface area contributed by atoms with Gasteiger partial charge >= 0.3 is 0 Å². The highest BCUT2D eigenvalue weighted by atomic mass is 16.5. The van der Waals surface area contributed by atoms with E-state index < -0.39 is 0 Å². The van der Waals surface area contributed by atoms with Crippen molar-refractivity contribution < 1.29 is 9.53 Å². The number of nitrogens with one attached hydrogen (secondary N) is 2. The monoisotopic (exact) mass is 283 g/mol. The van der Waals surface area contributed by atoms with Gasteiger partial charge in [0.2, 0.25) is 0 Å². The van der Waals surface area contributed by atoms with Gasteiger partial charge in [-0.2, -0.15) is 0 Å². The van der Waals surface area contributed by atoms with Crippen molar-refractivity contribution in [1.29, 1.82) is 0 Å². The lowest BCUT2D eigenvalue weighted by Crippen LogP contribution is -2.12. The van der Waals surface area contributed by atoms with Crippen molar-refractivity contribution in [2.75, 3.05) is 17.7 Å². The fraction of sp³-hybridized carbons (Fsp3) is 0.250. The number of carbonyl (C=O) groups is 1. The fourth-order valence-corrected chi connectivity index (χ4v) is 1.94. The van der Waals surface area contributed by atoms with E-state index in [1.54, 1.807) is 37.6 Å². The number of methoxy groups -OCH3 is 1. The number of nitrogens with zero attached hydrogens (tertiary/aromatic N) is 1. The largest absolute Gasteiger partial charge is 0.497 e. The highest BCUT2D eigenvalue weighted by Crippen LogP contribution is 2.24. The molecule has 1 aliphatic rings. The van der Waals surface area contributed by atoms with Crippen molar-refractivity contribution in [3.8, 4) is 5.75 Å². The molecule has 0 spiro atoms. The number of rotatable bonds is 5. The van der Waals surface area contributed by atoms with Gasteiger partial charge in [-0.15, -0.1) is 0 Å². The standard InChI is InChI=1S/C16H17N3O2/c1-21-14-7-2-11(3-8-14)16(20)19-13-6-9-15(17-10-13)18-12-4-5-12/h2-3,6-10,12H,4-5H2,1H3,(H,17,18)(H,19,20). The number of carbonyl (C=O) groups excluding carboxylic acids is 1. The minimum Gasteiger partial charge on any atom is -0.497 e. The minimum absolute atomic E-state index is 0.164. The Hall–Kier alpha value is -2.56. The van der Waals surface area contributed by atoms with E-state index in [0.717, 1.165) is 11.6 Å². The summed E-state index contributed by atoms with van der Waals surface area (Å²) in [6.07, 6.45) is 4.07. The molecule has 2 N–H and O–H groups in total. The Bertz CT molecular complexity index is 619. The molecule has 5 nitrogen and oxygen atoms in total. The normalized spacial score (nSPS) is 13.6. The van der Waals surface area contributed by atoms with Crippen molar-refractivity contribution >= 4 is 17.4 Å².